The highest BCUT2D eigenvalue weighted by Gasteiger charge is 2.19. The van der Waals surface area contributed by atoms with Gasteiger partial charge in [-0.15, -0.1) is 0 Å². The molecule has 1 aromatic rings. The van der Waals surface area contributed by atoms with E-state index in [9.17, 15) is 5.11 Å². The van der Waals surface area contributed by atoms with Crippen LogP contribution in [-0.4, -0.2) is 36.3 Å². The standard InChI is InChI=1S/C17H26ClN3O/c1-2-19-17(21-14-7-9-15(22)10-8-14)20-12-11-13-5-3-4-6-16(13)18/h3-6,14-15,22H,2,7-12H2,1H3,(H2,19,20,21). The molecule has 0 aromatic heterocycles. The van der Waals surface area contributed by atoms with Crippen LogP contribution in [0.4, 0.5) is 0 Å². The second kappa shape index (κ2) is 9.01. The molecule has 0 radical (unpaired) electrons. The van der Waals surface area contributed by atoms with Crippen molar-refractivity contribution in [2.75, 3.05) is 13.1 Å². The summed E-state index contributed by atoms with van der Waals surface area (Å²) in [7, 11) is 0. The lowest BCUT2D eigenvalue weighted by molar-refractivity contribution is 0.120. The first-order valence-corrected chi connectivity index (χ1v) is 8.53. The fourth-order valence-corrected chi connectivity index (χ4v) is 2.95. The second-order valence-corrected chi connectivity index (χ2v) is 6.16. The number of aliphatic hydroxyl groups is 1. The Morgan fingerprint density at radius 1 is 1.27 bits per heavy atom. The van der Waals surface area contributed by atoms with E-state index in [2.05, 4.69) is 22.5 Å². The van der Waals surface area contributed by atoms with Crippen molar-refractivity contribution in [2.24, 2.45) is 4.99 Å². The molecule has 5 heteroatoms. The molecule has 1 saturated carbocycles. The maximum Gasteiger partial charge on any atom is 0.191 e. The number of guanidine groups is 1. The Morgan fingerprint density at radius 3 is 2.68 bits per heavy atom. The lowest BCUT2D eigenvalue weighted by Crippen LogP contribution is -2.45. The highest BCUT2D eigenvalue weighted by atomic mass is 35.5. The fourth-order valence-electron chi connectivity index (χ4n) is 2.72. The first-order chi connectivity index (χ1) is 10.7. The molecule has 122 valence electrons. The molecule has 0 spiro atoms. The van der Waals surface area contributed by atoms with Crippen molar-refractivity contribution in [1.82, 2.24) is 10.6 Å². The van der Waals surface area contributed by atoms with Crippen molar-refractivity contribution in [1.29, 1.82) is 0 Å². The summed E-state index contributed by atoms with van der Waals surface area (Å²) in [5.41, 5.74) is 1.13. The molecule has 3 N–H and O–H groups in total. The minimum Gasteiger partial charge on any atom is -0.393 e. The van der Waals surface area contributed by atoms with Crippen molar-refractivity contribution in [3.05, 3.63) is 34.9 Å². The maximum absolute atomic E-state index is 9.57. The number of halogens is 1. The van der Waals surface area contributed by atoms with Crippen LogP contribution in [0.15, 0.2) is 29.3 Å². The average molecular weight is 324 g/mol. The van der Waals surface area contributed by atoms with Crippen LogP contribution in [0.5, 0.6) is 0 Å². The van der Waals surface area contributed by atoms with E-state index in [1.54, 1.807) is 0 Å². The number of hydrogen-bond donors (Lipinski definition) is 3. The molecule has 0 atom stereocenters. The summed E-state index contributed by atoms with van der Waals surface area (Å²) in [6.45, 7) is 3.61. The predicted molar refractivity (Wildman–Crippen MR) is 92.5 cm³/mol. The zero-order valence-corrected chi connectivity index (χ0v) is 13.9. The Hall–Kier alpha value is -1.26. The summed E-state index contributed by atoms with van der Waals surface area (Å²) >= 11 is 6.17. The smallest absolute Gasteiger partial charge is 0.191 e. The van der Waals surface area contributed by atoms with Gasteiger partial charge in [0.15, 0.2) is 5.96 Å². The van der Waals surface area contributed by atoms with Crippen LogP contribution >= 0.6 is 11.6 Å². The molecule has 0 amide bonds. The van der Waals surface area contributed by atoms with Crippen molar-refractivity contribution >= 4 is 17.6 Å². The van der Waals surface area contributed by atoms with E-state index in [1.165, 1.54) is 0 Å². The topological polar surface area (TPSA) is 56.7 Å². The lowest BCUT2D eigenvalue weighted by atomic mass is 9.93. The van der Waals surface area contributed by atoms with Crippen LogP contribution in [0.2, 0.25) is 5.02 Å². The summed E-state index contributed by atoms with van der Waals surface area (Å²) in [4.78, 5) is 4.64. The van der Waals surface area contributed by atoms with Crippen LogP contribution in [0.3, 0.4) is 0 Å². The van der Waals surface area contributed by atoms with Gasteiger partial charge in [0, 0.05) is 24.2 Å². The lowest BCUT2D eigenvalue weighted by Gasteiger charge is -2.27. The Kier molecular flexibility index (Phi) is 7.00. The molecule has 0 bridgehead atoms. The van der Waals surface area contributed by atoms with Crippen molar-refractivity contribution in [2.45, 2.75) is 51.2 Å². The molecule has 0 saturated heterocycles. The van der Waals surface area contributed by atoms with Crippen molar-refractivity contribution < 1.29 is 5.11 Å². The van der Waals surface area contributed by atoms with Crippen LogP contribution in [0.1, 0.15) is 38.2 Å². The van der Waals surface area contributed by atoms with Crippen LogP contribution in [0.25, 0.3) is 0 Å². The number of benzene rings is 1. The van der Waals surface area contributed by atoms with Crippen molar-refractivity contribution in [3.8, 4) is 0 Å². The fraction of sp³-hybridized carbons (Fsp3) is 0.588. The molecule has 0 heterocycles. The molecule has 0 aliphatic heterocycles. The van der Waals surface area contributed by atoms with Gasteiger partial charge >= 0.3 is 0 Å². The summed E-state index contributed by atoms with van der Waals surface area (Å²) in [6, 6.07) is 8.31. The molecular weight excluding hydrogens is 298 g/mol. The quantitative estimate of drug-likeness (QED) is 0.577. The van der Waals surface area contributed by atoms with Crippen molar-refractivity contribution in [3.63, 3.8) is 0 Å². The van der Waals surface area contributed by atoms with Gasteiger partial charge in [0.25, 0.3) is 0 Å². The second-order valence-electron chi connectivity index (χ2n) is 5.75. The Morgan fingerprint density at radius 2 is 2.00 bits per heavy atom. The van der Waals surface area contributed by atoms with Gasteiger partial charge < -0.3 is 15.7 Å². The molecule has 1 aromatic carbocycles. The molecule has 0 unspecified atom stereocenters. The summed E-state index contributed by atoms with van der Waals surface area (Å²) in [6.07, 6.45) is 4.44. The summed E-state index contributed by atoms with van der Waals surface area (Å²) < 4.78 is 0. The number of nitrogens with one attached hydrogen (secondary N) is 2. The Balaban J connectivity index is 1.85. The van der Waals surface area contributed by atoms with E-state index < -0.39 is 0 Å². The molecule has 1 fully saturated rings. The first kappa shape index (κ1) is 17.1. The summed E-state index contributed by atoms with van der Waals surface area (Å²) in [5.74, 6) is 0.857. The first-order valence-electron chi connectivity index (χ1n) is 8.15. The van der Waals surface area contributed by atoms with Crippen LogP contribution in [0, 0.1) is 0 Å². The predicted octanol–water partition coefficient (Wildman–Crippen LogP) is 2.74. The zero-order valence-electron chi connectivity index (χ0n) is 13.2. The Bertz CT molecular complexity index is 485. The third kappa shape index (κ3) is 5.50. The van der Waals surface area contributed by atoms with Gasteiger partial charge in [-0.25, -0.2) is 0 Å². The van der Waals surface area contributed by atoms with Gasteiger partial charge in [-0.1, -0.05) is 29.8 Å². The van der Waals surface area contributed by atoms with E-state index in [0.717, 1.165) is 55.2 Å². The van der Waals surface area contributed by atoms with E-state index in [1.807, 2.05) is 24.3 Å². The third-order valence-electron chi connectivity index (χ3n) is 3.99. The van der Waals surface area contributed by atoms with Gasteiger partial charge in [-0.3, -0.25) is 4.99 Å². The average Bonchev–Trinajstić information content (AvgIpc) is 2.51. The normalized spacial score (nSPS) is 22.4. The van der Waals surface area contributed by atoms with E-state index >= 15 is 0 Å². The monoisotopic (exact) mass is 323 g/mol. The minimum atomic E-state index is -0.127. The Labute approximate surface area is 138 Å². The molecular formula is C17H26ClN3O. The number of nitrogens with zero attached hydrogens (tertiary/aromatic N) is 1. The van der Waals surface area contributed by atoms with E-state index in [-0.39, 0.29) is 6.10 Å². The zero-order chi connectivity index (χ0) is 15.8. The van der Waals surface area contributed by atoms with Gasteiger partial charge in [0.1, 0.15) is 0 Å². The van der Waals surface area contributed by atoms with E-state index in [4.69, 9.17) is 11.6 Å². The highest BCUT2D eigenvalue weighted by molar-refractivity contribution is 6.31. The summed E-state index contributed by atoms with van der Waals surface area (Å²) in [5, 5.41) is 17.1. The minimum absolute atomic E-state index is 0.127. The molecule has 1 aliphatic carbocycles. The number of hydrogen-bond acceptors (Lipinski definition) is 2. The van der Waals surface area contributed by atoms with Gasteiger partial charge in [0.05, 0.1) is 6.10 Å². The van der Waals surface area contributed by atoms with Gasteiger partial charge in [-0.2, -0.15) is 0 Å². The molecule has 2 rings (SSSR count). The SMILES string of the molecule is CCNC(=NCCc1ccccc1Cl)NC1CCC(O)CC1. The molecule has 1 aliphatic rings. The highest BCUT2D eigenvalue weighted by Crippen LogP contribution is 2.18. The number of aliphatic hydroxyl groups excluding tert-OH is 1. The maximum atomic E-state index is 9.57. The molecule has 4 nitrogen and oxygen atoms in total. The largest absolute Gasteiger partial charge is 0.393 e. The molecule has 22 heavy (non-hydrogen) atoms. The number of rotatable bonds is 5. The number of aliphatic imine (C=N–C) groups is 1. The van der Waals surface area contributed by atoms with Crippen LogP contribution in [-0.2, 0) is 6.42 Å². The third-order valence-corrected chi connectivity index (χ3v) is 4.36. The van der Waals surface area contributed by atoms with Gasteiger partial charge in [0.2, 0.25) is 0 Å². The van der Waals surface area contributed by atoms with Gasteiger partial charge in [-0.05, 0) is 50.7 Å². The van der Waals surface area contributed by atoms with E-state index in [0.29, 0.717) is 12.6 Å². The van der Waals surface area contributed by atoms with Crippen LogP contribution < -0.4 is 10.6 Å².